The number of hydrogen-bond acceptors (Lipinski definition) is 3. The Kier molecular flexibility index (Phi) is 2.48. The molecule has 1 saturated carbocycles. The van der Waals surface area contributed by atoms with Gasteiger partial charge in [0.25, 0.3) is 0 Å². The zero-order valence-electron chi connectivity index (χ0n) is 9.53. The van der Waals surface area contributed by atoms with Gasteiger partial charge in [-0.2, -0.15) is 0 Å². The van der Waals surface area contributed by atoms with Crippen molar-refractivity contribution in [3.8, 4) is 0 Å². The molecule has 5 heteroatoms. The van der Waals surface area contributed by atoms with Gasteiger partial charge in [0.15, 0.2) is 0 Å². The van der Waals surface area contributed by atoms with E-state index in [1.165, 1.54) is 6.42 Å². The number of carbonyl (C=O) groups excluding carboxylic acids is 1. The Balaban J connectivity index is 1.64. The van der Waals surface area contributed by atoms with Crippen LogP contribution in [0, 0.1) is 5.41 Å². The summed E-state index contributed by atoms with van der Waals surface area (Å²) in [6, 6.07) is 5.95. The van der Waals surface area contributed by atoms with Crippen LogP contribution in [0.2, 0.25) is 0 Å². The number of carbonyl (C=O) groups is 1. The fourth-order valence-corrected chi connectivity index (χ4v) is 2.86. The molecular weight excluding hydrogens is 282 g/mol. The molecule has 0 aromatic carbocycles. The van der Waals surface area contributed by atoms with E-state index in [2.05, 4.69) is 38.5 Å². The van der Waals surface area contributed by atoms with Crippen molar-refractivity contribution < 1.29 is 4.79 Å². The van der Waals surface area contributed by atoms with Crippen LogP contribution < -0.4 is 10.6 Å². The van der Waals surface area contributed by atoms with Crippen molar-refractivity contribution in [2.45, 2.75) is 31.8 Å². The highest BCUT2D eigenvalue weighted by atomic mass is 79.9. The van der Waals surface area contributed by atoms with Crippen molar-refractivity contribution in [3.63, 3.8) is 0 Å². The minimum Gasteiger partial charge on any atom is -0.309 e. The molecule has 1 amide bonds. The van der Waals surface area contributed by atoms with E-state index in [-0.39, 0.29) is 11.9 Å². The van der Waals surface area contributed by atoms with E-state index in [0.29, 0.717) is 17.3 Å². The summed E-state index contributed by atoms with van der Waals surface area (Å²) >= 11 is 3.28. The van der Waals surface area contributed by atoms with Gasteiger partial charge in [-0.15, -0.1) is 0 Å². The van der Waals surface area contributed by atoms with Crippen LogP contribution in [0.1, 0.15) is 19.8 Å². The molecule has 0 unspecified atom stereocenters. The second-order valence-corrected chi connectivity index (χ2v) is 5.98. The topological polar surface area (TPSA) is 54.0 Å². The lowest BCUT2D eigenvalue weighted by atomic mass is 10.0. The van der Waals surface area contributed by atoms with E-state index in [9.17, 15) is 4.79 Å². The Bertz CT molecular complexity index is 479. The SMILES string of the molecule is C[C@@]12C[C@@H](C(=O)Nc3cccc(Br)n3)N[C@@H]1C2. The summed E-state index contributed by atoms with van der Waals surface area (Å²) in [7, 11) is 0. The van der Waals surface area contributed by atoms with Crippen molar-refractivity contribution in [2.24, 2.45) is 5.41 Å². The van der Waals surface area contributed by atoms with Gasteiger partial charge < -0.3 is 10.6 Å². The number of nitrogens with one attached hydrogen (secondary N) is 2. The number of piperidine rings is 1. The zero-order valence-corrected chi connectivity index (χ0v) is 11.1. The Morgan fingerprint density at radius 2 is 2.41 bits per heavy atom. The predicted molar refractivity (Wildman–Crippen MR) is 68.6 cm³/mol. The van der Waals surface area contributed by atoms with E-state index >= 15 is 0 Å². The molecule has 1 aromatic heterocycles. The molecule has 0 bridgehead atoms. The zero-order chi connectivity index (χ0) is 12.0. The summed E-state index contributed by atoms with van der Waals surface area (Å²) in [6.07, 6.45) is 2.13. The number of amides is 1. The Labute approximate surface area is 108 Å². The summed E-state index contributed by atoms with van der Waals surface area (Å²) in [6.45, 7) is 2.23. The van der Waals surface area contributed by atoms with Gasteiger partial charge in [-0.1, -0.05) is 13.0 Å². The number of hydrogen-bond donors (Lipinski definition) is 2. The molecule has 17 heavy (non-hydrogen) atoms. The monoisotopic (exact) mass is 295 g/mol. The molecule has 2 aliphatic rings. The van der Waals surface area contributed by atoms with Crippen molar-refractivity contribution in [2.75, 3.05) is 5.32 Å². The third-order valence-electron chi connectivity index (χ3n) is 3.71. The van der Waals surface area contributed by atoms with E-state index in [0.717, 1.165) is 11.0 Å². The maximum Gasteiger partial charge on any atom is 0.242 e. The second kappa shape index (κ2) is 3.78. The number of halogens is 1. The van der Waals surface area contributed by atoms with E-state index in [1.54, 1.807) is 6.07 Å². The largest absolute Gasteiger partial charge is 0.309 e. The first-order chi connectivity index (χ1) is 8.07. The quantitative estimate of drug-likeness (QED) is 0.820. The summed E-state index contributed by atoms with van der Waals surface area (Å²) in [5.41, 5.74) is 0.354. The standard InChI is InChI=1S/C12H14BrN3O/c1-12-5-7(14-8(12)6-12)11(17)16-10-4-2-3-9(13)15-10/h2-4,7-8,14H,5-6H2,1H3,(H,15,16,17)/t7-,8+,12-/m0/s1. The number of rotatable bonds is 2. The van der Waals surface area contributed by atoms with Crippen LogP contribution in [0.5, 0.6) is 0 Å². The van der Waals surface area contributed by atoms with Crippen LogP contribution in [0.25, 0.3) is 0 Å². The molecule has 90 valence electrons. The molecule has 1 aliphatic heterocycles. The lowest BCUT2D eigenvalue weighted by Crippen LogP contribution is -2.38. The predicted octanol–water partition coefficient (Wildman–Crippen LogP) is 1.92. The minimum atomic E-state index is -0.0699. The van der Waals surface area contributed by atoms with Crippen LogP contribution in [0.3, 0.4) is 0 Å². The number of aromatic nitrogens is 1. The molecule has 1 aromatic rings. The van der Waals surface area contributed by atoms with Crippen LogP contribution in [-0.4, -0.2) is 23.0 Å². The van der Waals surface area contributed by atoms with Gasteiger partial charge in [0.2, 0.25) is 5.91 Å². The fourth-order valence-electron chi connectivity index (χ4n) is 2.52. The summed E-state index contributed by atoms with van der Waals surface area (Å²) in [5, 5.41) is 6.19. The fraction of sp³-hybridized carbons (Fsp3) is 0.500. The molecule has 2 heterocycles. The number of nitrogens with zero attached hydrogens (tertiary/aromatic N) is 1. The number of fused-ring (bicyclic) bond motifs is 1. The number of anilines is 1. The maximum absolute atomic E-state index is 12.0. The Morgan fingerprint density at radius 3 is 3.06 bits per heavy atom. The average Bonchev–Trinajstić information content (AvgIpc) is 2.77. The van der Waals surface area contributed by atoms with Gasteiger partial charge in [0, 0.05) is 6.04 Å². The van der Waals surface area contributed by atoms with Gasteiger partial charge in [-0.05, 0) is 46.3 Å². The molecule has 3 rings (SSSR count). The first-order valence-electron chi connectivity index (χ1n) is 5.76. The molecular formula is C12H14BrN3O. The summed E-state index contributed by atoms with van der Waals surface area (Å²) < 4.78 is 0.726. The van der Waals surface area contributed by atoms with Crippen molar-refractivity contribution >= 4 is 27.7 Å². The normalized spacial score (nSPS) is 34.2. The van der Waals surface area contributed by atoms with Crippen LogP contribution in [0.15, 0.2) is 22.8 Å². The van der Waals surface area contributed by atoms with Gasteiger partial charge in [-0.3, -0.25) is 4.79 Å². The third-order valence-corrected chi connectivity index (χ3v) is 4.15. The molecule has 3 atom stereocenters. The molecule has 4 nitrogen and oxygen atoms in total. The van der Waals surface area contributed by atoms with Gasteiger partial charge in [0.05, 0.1) is 6.04 Å². The van der Waals surface area contributed by atoms with Gasteiger partial charge in [0.1, 0.15) is 10.4 Å². The molecule has 2 fully saturated rings. The highest BCUT2D eigenvalue weighted by Crippen LogP contribution is 2.53. The lowest BCUT2D eigenvalue weighted by Gasteiger charge is -2.13. The molecule has 1 aliphatic carbocycles. The van der Waals surface area contributed by atoms with Crippen LogP contribution in [-0.2, 0) is 4.79 Å². The van der Waals surface area contributed by atoms with E-state index in [4.69, 9.17) is 0 Å². The van der Waals surface area contributed by atoms with Gasteiger partial charge >= 0.3 is 0 Å². The van der Waals surface area contributed by atoms with Crippen molar-refractivity contribution in [1.82, 2.24) is 10.3 Å². The van der Waals surface area contributed by atoms with Crippen LogP contribution in [0.4, 0.5) is 5.82 Å². The van der Waals surface area contributed by atoms with Crippen molar-refractivity contribution in [3.05, 3.63) is 22.8 Å². The minimum absolute atomic E-state index is 0.0176. The smallest absolute Gasteiger partial charge is 0.242 e. The van der Waals surface area contributed by atoms with Crippen molar-refractivity contribution in [1.29, 1.82) is 0 Å². The van der Waals surface area contributed by atoms with Crippen LogP contribution >= 0.6 is 15.9 Å². The third kappa shape index (κ3) is 2.09. The first-order valence-corrected chi connectivity index (χ1v) is 6.56. The average molecular weight is 296 g/mol. The number of pyridine rings is 1. The lowest BCUT2D eigenvalue weighted by molar-refractivity contribution is -0.118. The highest BCUT2D eigenvalue weighted by molar-refractivity contribution is 9.10. The molecule has 0 spiro atoms. The second-order valence-electron chi connectivity index (χ2n) is 5.17. The molecule has 0 radical (unpaired) electrons. The Hall–Kier alpha value is -0.940. The maximum atomic E-state index is 12.0. The van der Waals surface area contributed by atoms with E-state index < -0.39 is 0 Å². The van der Waals surface area contributed by atoms with E-state index in [1.807, 2.05) is 12.1 Å². The highest BCUT2D eigenvalue weighted by Gasteiger charge is 2.58. The molecule has 2 N–H and O–H groups in total. The Morgan fingerprint density at radius 1 is 1.59 bits per heavy atom. The molecule has 1 saturated heterocycles. The first kappa shape index (κ1) is 11.2. The summed E-state index contributed by atoms with van der Waals surface area (Å²) in [4.78, 5) is 16.2. The summed E-state index contributed by atoms with van der Waals surface area (Å²) in [5.74, 6) is 0.612. The van der Waals surface area contributed by atoms with Gasteiger partial charge in [-0.25, -0.2) is 4.98 Å².